The zero-order valence-electron chi connectivity index (χ0n) is 10.4. The fourth-order valence-electron chi connectivity index (χ4n) is 2.35. The van der Waals surface area contributed by atoms with E-state index in [9.17, 15) is 0 Å². The summed E-state index contributed by atoms with van der Waals surface area (Å²) in [4.78, 5) is 4.62. The Hall–Kier alpha value is -0.970. The summed E-state index contributed by atoms with van der Waals surface area (Å²) >= 11 is 1.78. The zero-order chi connectivity index (χ0) is 12.2. The molecule has 0 saturated carbocycles. The summed E-state index contributed by atoms with van der Waals surface area (Å²) < 4.78 is 6.75. The van der Waals surface area contributed by atoms with Gasteiger partial charge < -0.3 is 10.1 Å². The Kier molecular flexibility index (Phi) is 3.88. The Bertz CT molecular complexity index is 472. The van der Waals surface area contributed by atoms with E-state index in [-0.39, 0.29) is 0 Å². The van der Waals surface area contributed by atoms with Crippen LogP contribution >= 0.6 is 11.3 Å². The molecular weight excluding hydrogens is 244 g/mol. The lowest BCUT2D eigenvalue weighted by molar-refractivity contribution is 0.0547. The van der Waals surface area contributed by atoms with Gasteiger partial charge in [-0.1, -0.05) is 12.1 Å². The van der Waals surface area contributed by atoms with Crippen molar-refractivity contribution in [2.45, 2.75) is 19.4 Å². The van der Waals surface area contributed by atoms with Crippen LogP contribution in [0.25, 0.3) is 10.2 Å². The predicted octanol–water partition coefficient (Wildman–Crippen LogP) is 2.81. The zero-order valence-corrected chi connectivity index (χ0v) is 11.2. The van der Waals surface area contributed by atoms with Gasteiger partial charge in [-0.15, -0.1) is 11.3 Å². The molecule has 2 aromatic rings. The van der Waals surface area contributed by atoms with E-state index < -0.39 is 0 Å². The molecule has 3 rings (SSSR count). The SMILES string of the molecule is c1ccc2sc(CNCC3CCCOC3)nc2c1. The third kappa shape index (κ3) is 2.88. The van der Waals surface area contributed by atoms with Gasteiger partial charge in [-0.2, -0.15) is 0 Å². The summed E-state index contributed by atoms with van der Waals surface area (Å²) in [6.45, 7) is 3.76. The van der Waals surface area contributed by atoms with Crippen molar-refractivity contribution < 1.29 is 4.74 Å². The molecule has 0 bridgehead atoms. The molecule has 1 fully saturated rings. The van der Waals surface area contributed by atoms with Crippen LogP contribution in [0.1, 0.15) is 17.8 Å². The van der Waals surface area contributed by atoms with Crippen molar-refractivity contribution in [3.8, 4) is 0 Å². The van der Waals surface area contributed by atoms with Crippen molar-refractivity contribution in [3.05, 3.63) is 29.3 Å². The molecule has 2 heterocycles. The quantitative estimate of drug-likeness (QED) is 0.920. The van der Waals surface area contributed by atoms with E-state index in [1.807, 2.05) is 6.07 Å². The molecule has 1 saturated heterocycles. The van der Waals surface area contributed by atoms with Crippen LogP contribution in [-0.2, 0) is 11.3 Å². The summed E-state index contributed by atoms with van der Waals surface area (Å²) in [5.74, 6) is 0.674. The fraction of sp³-hybridized carbons (Fsp3) is 0.500. The third-order valence-electron chi connectivity index (χ3n) is 3.30. The lowest BCUT2D eigenvalue weighted by Crippen LogP contribution is -2.28. The van der Waals surface area contributed by atoms with Crippen LogP contribution in [0.15, 0.2) is 24.3 Å². The number of para-hydroxylation sites is 1. The largest absolute Gasteiger partial charge is 0.381 e. The molecule has 3 nitrogen and oxygen atoms in total. The number of hydrogen-bond donors (Lipinski definition) is 1. The highest BCUT2D eigenvalue weighted by Crippen LogP contribution is 2.21. The van der Waals surface area contributed by atoms with E-state index in [0.717, 1.165) is 31.8 Å². The molecule has 4 heteroatoms. The molecule has 1 N–H and O–H groups in total. The van der Waals surface area contributed by atoms with Gasteiger partial charge in [-0.3, -0.25) is 0 Å². The van der Waals surface area contributed by atoms with Crippen LogP contribution in [-0.4, -0.2) is 24.7 Å². The number of hydrogen-bond acceptors (Lipinski definition) is 4. The second-order valence-electron chi connectivity index (χ2n) is 4.79. The number of nitrogens with one attached hydrogen (secondary N) is 1. The van der Waals surface area contributed by atoms with Crippen LogP contribution in [0.4, 0.5) is 0 Å². The second kappa shape index (κ2) is 5.78. The average molecular weight is 262 g/mol. The minimum atomic E-state index is 0.674. The topological polar surface area (TPSA) is 34.1 Å². The van der Waals surface area contributed by atoms with E-state index in [0.29, 0.717) is 5.92 Å². The van der Waals surface area contributed by atoms with E-state index >= 15 is 0 Å². The third-order valence-corrected chi connectivity index (χ3v) is 4.34. The molecule has 0 spiro atoms. The summed E-state index contributed by atoms with van der Waals surface area (Å²) in [6, 6.07) is 8.31. The van der Waals surface area contributed by atoms with Gasteiger partial charge in [0, 0.05) is 19.7 Å². The van der Waals surface area contributed by atoms with Crippen LogP contribution in [0.2, 0.25) is 0 Å². The van der Waals surface area contributed by atoms with Gasteiger partial charge in [0.05, 0.1) is 16.8 Å². The van der Waals surface area contributed by atoms with Crippen molar-refractivity contribution in [2.24, 2.45) is 5.92 Å². The molecule has 0 radical (unpaired) electrons. The Balaban J connectivity index is 1.53. The molecule has 1 unspecified atom stereocenters. The number of benzene rings is 1. The molecule has 1 aliphatic heterocycles. The maximum Gasteiger partial charge on any atom is 0.108 e. The summed E-state index contributed by atoms with van der Waals surface area (Å²) in [5.41, 5.74) is 1.11. The highest BCUT2D eigenvalue weighted by molar-refractivity contribution is 7.18. The Labute approximate surface area is 111 Å². The van der Waals surface area contributed by atoms with Crippen LogP contribution < -0.4 is 5.32 Å². The monoisotopic (exact) mass is 262 g/mol. The molecule has 18 heavy (non-hydrogen) atoms. The number of rotatable bonds is 4. The number of aromatic nitrogens is 1. The molecule has 1 aromatic carbocycles. The normalized spacial score (nSPS) is 20.3. The number of ether oxygens (including phenoxy) is 1. The first kappa shape index (κ1) is 12.1. The van der Waals surface area contributed by atoms with Crippen molar-refractivity contribution >= 4 is 21.6 Å². The molecule has 1 atom stereocenters. The van der Waals surface area contributed by atoms with E-state index in [1.165, 1.54) is 22.5 Å². The summed E-state index contributed by atoms with van der Waals surface area (Å²) in [5, 5.41) is 4.67. The van der Waals surface area contributed by atoms with Gasteiger partial charge in [0.25, 0.3) is 0 Å². The first-order valence-corrected chi connectivity index (χ1v) is 7.36. The Morgan fingerprint density at radius 3 is 3.17 bits per heavy atom. The lowest BCUT2D eigenvalue weighted by atomic mass is 10.0. The van der Waals surface area contributed by atoms with Crippen LogP contribution in [0.3, 0.4) is 0 Å². The molecular formula is C14H18N2OS. The molecule has 0 aliphatic carbocycles. The van der Waals surface area contributed by atoms with E-state index in [4.69, 9.17) is 4.74 Å². The van der Waals surface area contributed by atoms with Gasteiger partial charge in [0.2, 0.25) is 0 Å². The molecule has 1 aliphatic rings. The smallest absolute Gasteiger partial charge is 0.108 e. The van der Waals surface area contributed by atoms with Gasteiger partial charge in [0.15, 0.2) is 0 Å². The van der Waals surface area contributed by atoms with Crippen molar-refractivity contribution in [1.29, 1.82) is 0 Å². The van der Waals surface area contributed by atoms with Gasteiger partial charge in [-0.25, -0.2) is 4.98 Å². The van der Waals surface area contributed by atoms with Gasteiger partial charge in [0.1, 0.15) is 5.01 Å². The molecule has 1 aromatic heterocycles. The predicted molar refractivity (Wildman–Crippen MR) is 74.9 cm³/mol. The van der Waals surface area contributed by atoms with Crippen molar-refractivity contribution in [3.63, 3.8) is 0 Å². The lowest BCUT2D eigenvalue weighted by Gasteiger charge is -2.21. The minimum Gasteiger partial charge on any atom is -0.381 e. The maximum atomic E-state index is 5.48. The molecule has 96 valence electrons. The first-order valence-electron chi connectivity index (χ1n) is 6.55. The van der Waals surface area contributed by atoms with E-state index in [1.54, 1.807) is 11.3 Å². The summed E-state index contributed by atoms with van der Waals surface area (Å²) in [7, 11) is 0. The van der Waals surface area contributed by atoms with Crippen LogP contribution in [0, 0.1) is 5.92 Å². The first-order chi connectivity index (χ1) is 8.92. The van der Waals surface area contributed by atoms with Crippen molar-refractivity contribution in [1.82, 2.24) is 10.3 Å². The number of nitrogens with zero attached hydrogens (tertiary/aromatic N) is 1. The number of fused-ring (bicyclic) bond motifs is 1. The Morgan fingerprint density at radius 2 is 2.33 bits per heavy atom. The van der Waals surface area contributed by atoms with Gasteiger partial charge >= 0.3 is 0 Å². The van der Waals surface area contributed by atoms with E-state index in [2.05, 4.69) is 28.5 Å². The van der Waals surface area contributed by atoms with Gasteiger partial charge in [-0.05, 0) is 30.9 Å². The second-order valence-corrected chi connectivity index (χ2v) is 5.90. The van der Waals surface area contributed by atoms with Crippen molar-refractivity contribution in [2.75, 3.05) is 19.8 Å². The van der Waals surface area contributed by atoms with Crippen LogP contribution in [0.5, 0.6) is 0 Å². The maximum absolute atomic E-state index is 5.48. The average Bonchev–Trinajstić information content (AvgIpc) is 2.82. The highest BCUT2D eigenvalue weighted by Gasteiger charge is 2.13. The Morgan fingerprint density at radius 1 is 1.39 bits per heavy atom. The number of thiazole rings is 1. The minimum absolute atomic E-state index is 0.674. The highest BCUT2D eigenvalue weighted by atomic mass is 32.1. The summed E-state index contributed by atoms with van der Waals surface area (Å²) in [6.07, 6.45) is 2.49. The molecule has 0 amide bonds. The standard InChI is InChI=1S/C14H18N2OS/c1-2-6-13-12(5-1)16-14(18-13)9-15-8-11-4-3-7-17-10-11/h1-2,5-6,11,15H,3-4,7-10H2. The fourth-order valence-corrected chi connectivity index (χ4v) is 3.28.